The molecule has 0 unspecified atom stereocenters. The van der Waals surface area contributed by atoms with Crippen LogP contribution in [0, 0.1) is 17.3 Å². The Morgan fingerprint density at radius 3 is 2.16 bits per heavy atom. The van der Waals surface area contributed by atoms with Gasteiger partial charge in [-0.3, -0.25) is 4.79 Å². The summed E-state index contributed by atoms with van der Waals surface area (Å²) < 4.78 is 0. The van der Waals surface area contributed by atoms with E-state index >= 15 is 0 Å². The number of aliphatic hydroxyl groups is 1. The quantitative estimate of drug-likeness (QED) is 0.166. The summed E-state index contributed by atoms with van der Waals surface area (Å²) in [5, 5.41) is 10.7. The lowest BCUT2D eigenvalue weighted by atomic mass is 9.61. The molecule has 0 aliphatic heterocycles. The van der Waals surface area contributed by atoms with Crippen LogP contribution < -0.4 is 0 Å². The maximum absolute atomic E-state index is 13.0. The van der Waals surface area contributed by atoms with E-state index in [1.807, 2.05) is 13.0 Å². The maximum atomic E-state index is 13.0. The van der Waals surface area contributed by atoms with Gasteiger partial charge in [-0.1, -0.05) is 114 Å². The number of aliphatic hydroxyl groups excluding tert-OH is 1. The third-order valence-corrected chi connectivity index (χ3v) is 8.61. The van der Waals surface area contributed by atoms with Crippen LogP contribution in [0.5, 0.6) is 0 Å². The molecule has 3 rings (SSSR count). The van der Waals surface area contributed by atoms with E-state index in [0.29, 0.717) is 6.42 Å². The lowest BCUT2D eigenvalue weighted by Gasteiger charge is -2.45. The molecule has 2 atom stereocenters. The molecule has 0 radical (unpaired) electrons. The van der Waals surface area contributed by atoms with Crippen LogP contribution in [-0.4, -0.2) is 17.0 Å². The molecule has 2 nitrogen and oxygen atoms in total. The SMILES string of the molecule is CCCCCCCCCCCCCCC#Cc1ccc(/C=C2\C[C@@]3(C)C(=C(C)C2=O)CCC[C@@H]3O)cc1. The molecule has 2 aliphatic rings. The molecule has 1 saturated carbocycles. The van der Waals surface area contributed by atoms with Gasteiger partial charge in [0.25, 0.3) is 0 Å². The van der Waals surface area contributed by atoms with E-state index in [4.69, 9.17) is 0 Å². The van der Waals surface area contributed by atoms with Crippen molar-refractivity contribution in [3.63, 3.8) is 0 Å². The average molecular weight is 503 g/mol. The zero-order valence-electron chi connectivity index (χ0n) is 23.8. The number of hydrogen-bond donors (Lipinski definition) is 1. The number of benzene rings is 1. The van der Waals surface area contributed by atoms with Crippen LogP contribution in [0.1, 0.15) is 141 Å². The van der Waals surface area contributed by atoms with Gasteiger partial charge in [0.1, 0.15) is 0 Å². The van der Waals surface area contributed by atoms with Gasteiger partial charge in [-0.25, -0.2) is 0 Å². The van der Waals surface area contributed by atoms with Gasteiger partial charge in [-0.2, -0.15) is 0 Å². The summed E-state index contributed by atoms with van der Waals surface area (Å²) in [7, 11) is 0. The molecule has 1 aromatic rings. The Balaban J connectivity index is 1.38. The number of unbranched alkanes of at least 4 members (excludes halogenated alkanes) is 12. The summed E-state index contributed by atoms with van der Waals surface area (Å²) in [6, 6.07) is 8.23. The molecule has 0 amide bonds. The number of carbonyl (C=O) groups excluding carboxylic acids is 1. The first-order chi connectivity index (χ1) is 18.0. The third kappa shape index (κ3) is 8.71. The van der Waals surface area contributed by atoms with Crippen molar-refractivity contribution in [1.29, 1.82) is 0 Å². The van der Waals surface area contributed by atoms with Crippen LogP contribution in [0.2, 0.25) is 0 Å². The minimum Gasteiger partial charge on any atom is -0.392 e. The predicted octanol–water partition coefficient (Wildman–Crippen LogP) is 9.35. The molecule has 2 aliphatic carbocycles. The third-order valence-electron chi connectivity index (χ3n) is 8.61. The Morgan fingerprint density at radius 2 is 1.54 bits per heavy atom. The lowest BCUT2D eigenvalue weighted by molar-refractivity contribution is -0.113. The fraction of sp³-hybridized carbons (Fsp3) is 0.629. The summed E-state index contributed by atoms with van der Waals surface area (Å²) in [5.74, 6) is 6.79. The Kier molecular flexibility index (Phi) is 12.2. The van der Waals surface area contributed by atoms with E-state index < -0.39 is 0 Å². The van der Waals surface area contributed by atoms with E-state index in [2.05, 4.69) is 50.0 Å². The highest BCUT2D eigenvalue weighted by atomic mass is 16.3. The van der Waals surface area contributed by atoms with Crippen LogP contribution >= 0.6 is 0 Å². The Hall–Kier alpha value is -2.11. The van der Waals surface area contributed by atoms with E-state index in [-0.39, 0.29) is 17.3 Å². The first-order valence-corrected chi connectivity index (χ1v) is 15.2. The molecule has 1 fully saturated rings. The Bertz CT molecular complexity index is 984. The van der Waals surface area contributed by atoms with Gasteiger partial charge >= 0.3 is 0 Å². The fourth-order valence-electron chi connectivity index (χ4n) is 6.17. The largest absolute Gasteiger partial charge is 0.392 e. The Labute approximate surface area is 227 Å². The first-order valence-electron chi connectivity index (χ1n) is 15.2. The van der Waals surface area contributed by atoms with Crippen LogP contribution in [0.4, 0.5) is 0 Å². The van der Waals surface area contributed by atoms with Gasteiger partial charge < -0.3 is 5.11 Å². The second-order valence-corrected chi connectivity index (χ2v) is 11.7. The van der Waals surface area contributed by atoms with Crippen LogP contribution in [0.25, 0.3) is 6.08 Å². The van der Waals surface area contributed by atoms with Crippen molar-refractivity contribution in [2.45, 2.75) is 136 Å². The Morgan fingerprint density at radius 1 is 0.946 bits per heavy atom. The van der Waals surface area contributed by atoms with E-state index in [1.54, 1.807) is 0 Å². The van der Waals surface area contributed by atoms with Gasteiger partial charge in [0.05, 0.1) is 6.10 Å². The first kappa shape index (κ1) is 29.4. The molecule has 1 N–H and O–H groups in total. The predicted molar refractivity (Wildman–Crippen MR) is 157 cm³/mol. The van der Waals surface area contributed by atoms with Crippen LogP contribution in [0.3, 0.4) is 0 Å². The summed E-state index contributed by atoms with van der Waals surface area (Å²) >= 11 is 0. The van der Waals surface area contributed by atoms with Crippen LogP contribution in [-0.2, 0) is 4.79 Å². The highest BCUT2D eigenvalue weighted by Gasteiger charge is 2.45. The molecule has 0 heterocycles. The molecule has 1 aromatic carbocycles. The molecular formula is C35H50O2. The fourth-order valence-corrected chi connectivity index (χ4v) is 6.17. The maximum Gasteiger partial charge on any atom is 0.184 e. The lowest BCUT2D eigenvalue weighted by Crippen LogP contribution is -2.42. The van der Waals surface area contributed by atoms with Crippen molar-refractivity contribution >= 4 is 11.9 Å². The number of hydrogen-bond acceptors (Lipinski definition) is 2. The molecule has 37 heavy (non-hydrogen) atoms. The normalized spacial score (nSPS) is 22.6. The zero-order chi connectivity index (χ0) is 26.5. The molecule has 0 bridgehead atoms. The number of fused-ring (bicyclic) bond motifs is 1. The highest BCUT2D eigenvalue weighted by molar-refractivity contribution is 6.12. The van der Waals surface area contributed by atoms with Crippen molar-refractivity contribution in [3.05, 3.63) is 52.1 Å². The zero-order valence-corrected chi connectivity index (χ0v) is 23.8. The summed E-state index contributed by atoms with van der Waals surface area (Å²) in [6.45, 7) is 6.35. The number of allylic oxidation sites excluding steroid dienone is 2. The second-order valence-electron chi connectivity index (χ2n) is 11.7. The van der Waals surface area contributed by atoms with Crippen molar-refractivity contribution in [3.8, 4) is 11.8 Å². The minimum absolute atomic E-state index is 0.146. The topological polar surface area (TPSA) is 37.3 Å². The molecule has 0 aromatic heterocycles. The average Bonchev–Trinajstić information content (AvgIpc) is 2.89. The molecule has 0 saturated heterocycles. The molecule has 202 valence electrons. The summed E-state index contributed by atoms with van der Waals surface area (Å²) in [6.07, 6.45) is 22.4. The number of ketones is 1. The van der Waals surface area contributed by atoms with Crippen molar-refractivity contribution < 1.29 is 9.90 Å². The van der Waals surface area contributed by atoms with Gasteiger partial charge in [0.2, 0.25) is 0 Å². The number of Topliss-reactive ketones (excluding diaryl/α,β-unsaturated/α-hetero) is 1. The minimum atomic E-state index is -0.370. The molecular weight excluding hydrogens is 452 g/mol. The van der Waals surface area contributed by atoms with E-state index in [0.717, 1.165) is 48.0 Å². The number of rotatable bonds is 13. The van der Waals surface area contributed by atoms with Gasteiger partial charge in [-0.05, 0) is 68.4 Å². The number of carbonyl (C=O) groups is 1. The summed E-state index contributed by atoms with van der Waals surface area (Å²) in [5.41, 5.74) is 4.59. The van der Waals surface area contributed by atoms with E-state index in [9.17, 15) is 9.90 Å². The molecule has 2 heteroatoms. The standard InChI is InChI=1S/C35H50O2/c1-4-5-6-7-8-9-10-11-12-13-14-15-16-17-19-29-22-24-30(25-23-29)26-31-27-35(3)32(28(2)34(31)37)20-18-21-33(35)36/h22-26,33,36H,4-16,18,20-21,27H2,1-3H3/b31-26+/t33-,35-/m0/s1. The van der Waals surface area contributed by atoms with Crippen molar-refractivity contribution in [2.75, 3.05) is 0 Å². The monoisotopic (exact) mass is 502 g/mol. The highest BCUT2D eigenvalue weighted by Crippen LogP contribution is 2.50. The summed E-state index contributed by atoms with van der Waals surface area (Å²) in [4.78, 5) is 13.0. The van der Waals surface area contributed by atoms with Gasteiger partial charge in [0.15, 0.2) is 5.78 Å². The van der Waals surface area contributed by atoms with Crippen molar-refractivity contribution in [2.24, 2.45) is 5.41 Å². The van der Waals surface area contributed by atoms with Crippen LogP contribution in [0.15, 0.2) is 41.0 Å². The smallest absolute Gasteiger partial charge is 0.184 e. The van der Waals surface area contributed by atoms with Crippen molar-refractivity contribution in [1.82, 2.24) is 0 Å². The second kappa shape index (κ2) is 15.3. The van der Waals surface area contributed by atoms with Gasteiger partial charge in [-0.15, -0.1) is 0 Å². The van der Waals surface area contributed by atoms with E-state index in [1.165, 1.54) is 82.6 Å². The molecule has 0 spiro atoms. The van der Waals surface area contributed by atoms with Gasteiger partial charge in [0, 0.05) is 23.0 Å².